The van der Waals surface area contributed by atoms with Gasteiger partial charge in [0.25, 0.3) is 5.91 Å². The van der Waals surface area contributed by atoms with Gasteiger partial charge in [-0.05, 0) is 42.3 Å². The van der Waals surface area contributed by atoms with E-state index >= 15 is 0 Å². The number of anilines is 2. The highest BCUT2D eigenvalue weighted by molar-refractivity contribution is 6.05. The molecule has 1 aliphatic rings. The van der Waals surface area contributed by atoms with Gasteiger partial charge in [-0.15, -0.1) is 0 Å². The lowest BCUT2D eigenvalue weighted by atomic mass is 10.1. The van der Waals surface area contributed by atoms with Crippen LogP contribution in [0.3, 0.4) is 0 Å². The maximum Gasteiger partial charge on any atom is 0.321 e. The van der Waals surface area contributed by atoms with E-state index in [-0.39, 0.29) is 11.9 Å². The molecule has 0 atom stereocenters. The molecule has 1 fully saturated rings. The lowest BCUT2D eigenvalue weighted by molar-refractivity contribution is 0.0564. The number of ether oxygens (including phenoxy) is 1. The number of rotatable bonds is 4. The van der Waals surface area contributed by atoms with E-state index in [0.29, 0.717) is 37.6 Å². The quantitative estimate of drug-likeness (QED) is 0.885. The topological polar surface area (TPSA) is 70.7 Å². The largest absolute Gasteiger partial charge is 0.378 e. The van der Waals surface area contributed by atoms with E-state index in [9.17, 15) is 9.59 Å². The average Bonchev–Trinajstić information content (AvgIpc) is 2.69. The van der Waals surface area contributed by atoms with Crippen LogP contribution < -0.4 is 10.6 Å². The molecule has 0 spiro atoms. The van der Waals surface area contributed by atoms with Crippen LogP contribution in [0, 0.1) is 0 Å². The summed E-state index contributed by atoms with van der Waals surface area (Å²) in [4.78, 5) is 26.3. The van der Waals surface area contributed by atoms with Crippen molar-refractivity contribution in [1.82, 2.24) is 4.90 Å². The molecule has 136 valence electrons. The van der Waals surface area contributed by atoms with E-state index in [4.69, 9.17) is 4.74 Å². The molecular formula is C20H23N3O3. The van der Waals surface area contributed by atoms with Crippen molar-refractivity contribution in [1.29, 1.82) is 0 Å². The van der Waals surface area contributed by atoms with Crippen molar-refractivity contribution in [2.45, 2.75) is 13.3 Å². The van der Waals surface area contributed by atoms with Crippen LogP contribution in [0.2, 0.25) is 0 Å². The summed E-state index contributed by atoms with van der Waals surface area (Å²) < 4.78 is 5.24. The zero-order valence-corrected chi connectivity index (χ0v) is 14.8. The number of carbonyl (C=O) groups is 2. The van der Waals surface area contributed by atoms with Crippen LogP contribution in [0.15, 0.2) is 48.5 Å². The van der Waals surface area contributed by atoms with Crippen LogP contribution in [0.25, 0.3) is 0 Å². The van der Waals surface area contributed by atoms with Gasteiger partial charge in [-0.2, -0.15) is 0 Å². The minimum Gasteiger partial charge on any atom is -0.378 e. The molecule has 0 aliphatic carbocycles. The SMILES string of the molecule is CCc1ccccc1NC(=O)c1ccc(NC(=O)N2CCOCC2)cc1. The fourth-order valence-corrected chi connectivity index (χ4v) is 2.82. The van der Waals surface area contributed by atoms with Crippen LogP contribution in [0.5, 0.6) is 0 Å². The Balaban J connectivity index is 1.61. The van der Waals surface area contributed by atoms with Gasteiger partial charge in [0, 0.05) is 30.0 Å². The van der Waals surface area contributed by atoms with Crippen LogP contribution in [-0.4, -0.2) is 43.1 Å². The Morgan fingerprint density at radius 2 is 1.69 bits per heavy atom. The minimum atomic E-state index is -0.169. The van der Waals surface area contributed by atoms with Gasteiger partial charge in [-0.3, -0.25) is 4.79 Å². The summed E-state index contributed by atoms with van der Waals surface area (Å²) in [6.07, 6.45) is 0.850. The van der Waals surface area contributed by atoms with Gasteiger partial charge in [0.2, 0.25) is 0 Å². The molecule has 0 unspecified atom stereocenters. The predicted octanol–water partition coefficient (Wildman–Crippen LogP) is 3.37. The first-order chi connectivity index (χ1) is 12.7. The first kappa shape index (κ1) is 17.9. The molecule has 6 nitrogen and oxygen atoms in total. The lowest BCUT2D eigenvalue weighted by Gasteiger charge is -2.26. The molecule has 3 rings (SSSR count). The molecule has 1 saturated heterocycles. The summed E-state index contributed by atoms with van der Waals surface area (Å²) in [5.74, 6) is -0.169. The molecule has 6 heteroatoms. The Morgan fingerprint density at radius 1 is 1.00 bits per heavy atom. The van der Waals surface area contributed by atoms with Crippen LogP contribution in [0.1, 0.15) is 22.8 Å². The third-order valence-corrected chi connectivity index (χ3v) is 4.34. The minimum absolute atomic E-state index is 0.151. The van der Waals surface area contributed by atoms with Crippen molar-refractivity contribution in [2.24, 2.45) is 0 Å². The number of benzene rings is 2. The number of nitrogens with one attached hydrogen (secondary N) is 2. The maximum absolute atomic E-state index is 12.4. The molecule has 2 aromatic rings. The summed E-state index contributed by atoms with van der Waals surface area (Å²) in [6, 6.07) is 14.5. The Hall–Kier alpha value is -2.86. The van der Waals surface area contributed by atoms with Crippen LogP contribution in [0.4, 0.5) is 16.2 Å². The van der Waals surface area contributed by atoms with Crippen molar-refractivity contribution < 1.29 is 14.3 Å². The summed E-state index contributed by atoms with van der Waals surface area (Å²) in [6.45, 7) is 4.35. The fraction of sp³-hybridized carbons (Fsp3) is 0.300. The Bertz CT molecular complexity index is 768. The number of hydrogen-bond acceptors (Lipinski definition) is 3. The highest BCUT2D eigenvalue weighted by atomic mass is 16.5. The van der Waals surface area contributed by atoms with E-state index < -0.39 is 0 Å². The Morgan fingerprint density at radius 3 is 2.38 bits per heavy atom. The first-order valence-electron chi connectivity index (χ1n) is 8.80. The van der Waals surface area contributed by atoms with Crippen molar-refractivity contribution in [3.63, 3.8) is 0 Å². The van der Waals surface area contributed by atoms with Gasteiger partial charge < -0.3 is 20.3 Å². The molecule has 2 N–H and O–H groups in total. The van der Waals surface area contributed by atoms with Gasteiger partial charge in [0.05, 0.1) is 13.2 Å². The zero-order valence-electron chi connectivity index (χ0n) is 14.8. The molecule has 2 aromatic carbocycles. The number of aryl methyl sites for hydroxylation is 1. The van der Waals surface area contributed by atoms with Gasteiger partial charge in [-0.1, -0.05) is 25.1 Å². The van der Waals surface area contributed by atoms with Crippen molar-refractivity contribution in [2.75, 3.05) is 36.9 Å². The van der Waals surface area contributed by atoms with Crippen molar-refractivity contribution in [3.8, 4) is 0 Å². The van der Waals surface area contributed by atoms with E-state index in [1.165, 1.54) is 0 Å². The molecule has 0 aromatic heterocycles. The van der Waals surface area contributed by atoms with E-state index in [0.717, 1.165) is 17.7 Å². The number of amides is 3. The normalized spacial score (nSPS) is 14.0. The van der Waals surface area contributed by atoms with E-state index in [2.05, 4.69) is 17.6 Å². The summed E-state index contributed by atoms with van der Waals surface area (Å²) >= 11 is 0. The summed E-state index contributed by atoms with van der Waals surface area (Å²) in [5, 5.41) is 5.79. The second-order valence-electron chi connectivity index (χ2n) is 6.07. The number of carbonyl (C=O) groups excluding carboxylic acids is 2. The molecule has 26 heavy (non-hydrogen) atoms. The average molecular weight is 353 g/mol. The highest BCUT2D eigenvalue weighted by Gasteiger charge is 2.17. The van der Waals surface area contributed by atoms with Gasteiger partial charge in [-0.25, -0.2) is 4.79 Å². The van der Waals surface area contributed by atoms with Gasteiger partial charge in [0.1, 0.15) is 0 Å². The van der Waals surface area contributed by atoms with E-state index in [1.54, 1.807) is 29.2 Å². The predicted molar refractivity (Wildman–Crippen MR) is 102 cm³/mol. The number of para-hydroxylation sites is 1. The Kier molecular flexibility index (Phi) is 5.86. The Labute approximate surface area is 153 Å². The zero-order chi connectivity index (χ0) is 18.4. The molecule has 3 amide bonds. The second-order valence-corrected chi connectivity index (χ2v) is 6.07. The van der Waals surface area contributed by atoms with Gasteiger partial charge >= 0.3 is 6.03 Å². The second kappa shape index (κ2) is 8.49. The van der Waals surface area contributed by atoms with E-state index in [1.807, 2.05) is 24.3 Å². The molecular weight excluding hydrogens is 330 g/mol. The molecule has 0 saturated carbocycles. The highest BCUT2D eigenvalue weighted by Crippen LogP contribution is 2.17. The van der Waals surface area contributed by atoms with Crippen molar-refractivity contribution in [3.05, 3.63) is 59.7 Å². The standard InChI is InChI=1S/C20H23N3O3/c1-2-15-5-3-4-6-18(15)22-19(24)16-7-9-17(10-8-16)21-20(25)23-11-13-26-14-12-23/h3-10H,2,11-14H2,1H3,(H,21,25)(H,22,24). The molecule has 1 aliphatic heterocycles. The molecule has 0 radical (unpaired) electrons. The van der Waals surface area contributed by atoms with Crippen LogP contribution >= 0.6 is 0 Å². The third kappa shape index (κ3) is 4.40. The third-order valence-electron chi connectivity index (χ3n) is 4.34. The number of hydrogen-bond donors (Lipinski definition) is 2. The summed E-state index contributed by atoms with van der Waals surface area (Å²) in [7, 11) is 0. The fourth-order valence-electron chi connectivity index (χ4n) is 2.82. The number of urea groups is 1. The number of morpholine rings is 1. The monoisotopic (exact) mass is 353 g/mol. The van der Waals surface area contributed by atoms with Crippen LogP contribution in [-0.2, 0) is 11.2 Å². The summed E-state index contributed by atoms with van der Waals surface area (Å²) in [5.41, 5.74) is 3.12. The molecule has 1 heterocycles. The first-order valence-corrected chi connectivity index (χ1v) is 8.80. The van der Waals surface area contributed by atoms with Crippen molar-refractivity contribution >= 4 is 23.3 Å². The molecule has 0 bridgehead atoms. The van der Waals surface area contributed by atoms with Gasteiger partial charge in [0.15, 0.2) is 0 Å². The smallest absolute Gasteiger partial charge is 0.321 e. The number of nitrogens with zero attached hydrogens (tertiary/aromatic N) is 1. The maximum atomic E-state index is 12.4. The lowest BCUT2D eigenvalue weighted by Crippen LogP contribution is -2.43.